The van der Waals surface area contributed by atoms with Gasteiger partial charge in [0, 0.05) is 12.4 Å². The van der Waals surface area contributed by atoms with E-state index in [0.29, 0.717) is 11.6 Å². The lowest BCUT2D eigenvalue weighted by Crippen LogP contribution is -1.99. The molecule has 0 unspecified atom stereocenters. The Labute approximate surface area is 104 Å². The first-order chi connectivity index (χ1) is 8.72. The van der Waals surface area contributed by atoms with Gasteiger partial charge < -0.3 is 14.8 Å². The predicted octanol–water partition coefficient (Wildman–Crippen LogP) is 2.02. The average Bonchev–Trinajstić information content (AvgIpc) is 2.88. The van der Waals surface area contributed by atoms with E-state index in [1.165, 1.54) is 25.3 Å². The van der Waals surface area contributed by atoms with Gasteiger partial charge in [-0.3, -0.25) is 4.79 Å². The van der Waals surface area contributed by atoms with Crippen LogP contribution in [-0.2, 0) is 0 Å². The van der Waals surface area contributed by atoms with E-state index in [4.69, 9.17) is 4.74 Å². The monoisotopic (exact) mass is 244 g/mol. The molecular weight excluding hydrogens is 232 g/mol. The van der Waals surface area contributed by atoms with Crippen LogP contribution >= 0.6 is 0 Å². The number of aromatic nitrogens is 2. The van der Waals surface area contributed by atoms with Gasteiger partial charge in [-0.15, -0.1) is 0 Å². The number of carbonyl (C=O) groups excluding carboxylic acids is 1. The summed E-state index contributed by atoms with van der Waals surface area (Å²) in [6.45, 7) is 0. The number of ketones is 1. The van der Waals surface area contributed by atoms with Crippen molar-refractivity contribution < 1.29 is 14.6 Å². The van der Waals surface area contributed by atoms with Gasteiger partial charge in [-0.05, 0) is 24.3 Å². The average molecular weight is 244 g/mol. The Balaban J connectivity index is 2.29. The molecule has 0 radical (unpaired) electrons. The van der Waals surface area contributed by atoms with Gasteiger partial charge in [0.2, 0.25) is 0 Å². The first kappa shape index (κ1) is 11.9. The molecule has 0 bridgehead atoms. The summed E-state index contributed by atoms with van der Waals surface area (Å²) in [7, 11) is 1.45. The Kier molecular flexibility index (Phi) is 3.43. The van der Waals surface area contributed by atoms with Gasteiger partial charge in [0.05, 0.1) is 7.11 Å². The minimum absolute atomic E-state index is 0.108. The van der Waals surface area contributed by atoms with Crippen LogP contribution in [0.5, 0.6) is 11.5 Å². The molecule has 0 spiro atoms. The lowest BCUT2D eigenvalue weighted by Gasteiger charge is -2.06. The number of carbonyl (C=O) groups is 1. The number of nitrogens with one attached hydrogen (secondary N) is 1. The highest BCUT2D eigenvalue weighted by Gasteiger charge is 2.14. The van der Waals surface area contributed by atoms with Gasteiger partial charge in [0.25, 0.3) is 0 Å². The Bertz CT molecular complexity index is 574. The molecule has 5 nitrogen and oxygen atoms in total. The second kappa shape index (κ2) is 5.18. The molecule has 0 aliphatic heterocycles. The lowest BCUT2D eigenvalue weighted by molar-refractivity contribution is 0.104. The molecule has 0 amide bonds. The second-order valence-corrected chi connectivity index (χ2v) is 3.53. The van der Waals surface area contributed by atoms with Crippen molar-refractivity contribution in [1.82, 2.24) is 9.97 Å². The van der Waals surface area contributed by atoms with Crippen molar-refractivity contribution in [3.63, 3.8) is 0 Å². The molecule has 0 fully saturated rings. The van der Waals surface area contributed by atoms with Crippen LogP contribution in [0.25, 0.3) is 6.08 Å². The maximum Gasteiger partial charge on any atom is 0.193 e. The molecule has 2 N–H and O–H groups in total. The maximum atomic E-state index is 12.0. The van der Waals surface area contributed by atoms with Crippen molar-refractivity contribution in [2.24, 2.45) is 0 Å². The Morgan fingerprint density at radius 1 is 1.50 bits per heavy atom. The Hall–Kier alpha value is -2.56. The topological polar surface area (TPSA) is 75.2 Å². The number of hydrogen-bond donors (Lipinski definition) is 2. The van der Waals surface area contributed by atoms with Crippen LogP contribution in [0.4, 0.5) is 0 Å². The van der Waals surface area contributed by atoms with Crippen LogP contribution in [0.3, 0.4) is 0 Å². The second-order valence-electron chi connectivity index (χ2n) is 3.53. The number of ether oxygens (including phenoxy) is 1. The van der Waals surface area contributed by atoms with E-state index >= 15 is 0 Å². The van der Waals surface area contributed by atoms with Gasteiger partial charge in [-0.25, -0.2) is 4.98 Å². The molecule has 18 heavy (non-hydrogen) atoms. The summed E-state index contributed by atoms with van der Waals surface area (Å²) in [4.78, 5) is 18.8. The van der Waals surface area contributed by atoms with Crippen molar-refractivity contribution in [2.75, 3.05) is 7.11 Å². The van der Waals surface area contributed by atoms with Crippen molar-refractivity contribution in [3.05, 3.63) is 48.1 Å². The van der Waals surface area contributed by atoms with Crippen molar-refractivity contribution >= 4 is 11.9 Å². The molecule has 92 valence electrons. The van der Waals surface area contributed by atoms with E-state index < -0.39 is 0 Å². The molecular formula is C13H12N2O3. The molecule has 1 aromatic carbocycles. The van der Waals surface area contributed by atoms with Crippen LogP contribution in [0, 0.1) is 0 Å². The van der Waals surface area contributed by atoms with E-state index in [1.807, 2.05) is 0 Å². The number of rotatable bonds is 4. The number of aromatic hydroxyl groups is 1. The number of nitrogens with zero attached hydrogens (tertiary/aromatic N) is 1. The van der Waals surface area contributed by atoms with Crippen LogP contribution < -0.4 is 4.74 Å². The molecule has 1 heterocycles. The standard InChI is InChI=1S/C13H12N2O3/c1-18-11-4-2-3-9(16)13(11)10(17)5-6-12-14-7-8-15-12/h2-8,16H,1H3,(H,14,15). The third-order valence-electron chi connectivity index (χ3n) is 2.38. The summed E-state index contributed by atoms with van der Waals surface area (Å²) in [5, 5.41) is 9.69. The van der Waals surface area contributed by atoms with Crippen LogP contribution in [-0.4, -0.2) is 28.0 Å². The van der Waals surface area contributed by atoms with Gasteiger partial charge in [-0.1, -0.05) is 6.07 Å². The SMILES string of the molecule is COc1cccc(O)c1C(=O)C=Cc1ncc[nH]1. The van der Waals surface area contributed by atoms with Gasteiger partial charge in [0.15, 0.2) is 5.78 Å². The minimum atomic E-state index is -0.346. The largest absolute Gasteiger partial charge is 0.507 e. The van der Waals surface area contributed by atoms with Gasteiger partial charge in [0.1, 0.15) is 22.9 Å². The number of allylic oxidation sites excluding steroid dienone is 1. The van der Waals surface area contributed by atoms with Crippen LogP contribution in [0.1, 0.15) is 16.2 Å². The highest BCUT2D eigenvalue weighted by atomic mass is 16.5. The molecule has 0 atom stereocenters. The Morgan fingerprint density at radius 2 is 2.33 bits per heavy atom. The first-order valence-corrected chi connectivity index (χ1v) is 5.30. The third kappa shape index (κ3) is 2.40. The zero-order chi connectivity index (χ0) is 13.0. The molecule has 2 aromatic rings. The van der Waals surface area contributed by atoms with Crippen molar-refractivity contribution in [2.45, 2.75) is 0 Å². The summed E-state index contributed by atoms with van der Waals surface area (Å²) in [6.07, 6.45) is 6.11. The number of benzene rings is 1. The van der Waals surface area contributed by atoms with Crippen molar-refractivity contribution in [1.29, 1.82) is 0 Å². The number of hydrogen-bond acceptors (Lipinski definition) is 4. The molecule has 5 heteroatoms. The summed E-state index contributed by atoms with van der Waals surface area (Å²) in [5.74, 6) is 0.451. The zero-order valence-electron chi connectivity index (χ0n) is 9.75. The summed E-state index contributed by atoms with van der Waals surface area (Å²) < 4.78 is 5.05. The summed E-state index contributed by atoms with van der Waals surface area (Å²) in [6, 6.07) is 4.67. The number of H-pyrrole nitrogens is 1. The summed E-state index contributed by atoms with van der Waals surface area (Å²) in [5.41, 5.74) is 0.141. The van der Waals surface area contributed by atoms with Gasteiger partial charge in [-0.2, -0.15) is 0 Å². The van der Waals surface area contributed by atoms with E-state index in [0.717, 1.165) is 0 Å². The number of phenols is 1. The Morgan fingerprint density at radius 3 is 3.00 bits per heavy atom. The molecule has 0 aliphatic rings. The van der Waals surface area contributed by atoms with Crippen molar-refractivity contribution in [3.8, 4) is 11.5 Å². The zero-order valence-corrected chi connectivity index (χ0v) is 9.75. The lowest BCUT2D eigenvalue weighted by atomic mass is 10.1. The maximum absolute atomic E-state index is 12.0. The highest BCUT2D eigenvalue weighted by Crippen LogP contribution is 2.27. The molecule has 1 aromatic heterocycles. The minimum Gasteiger partial charge on any atom is -0.507 e. The number of methoxy groups -OCH3 is 1. The van der Waals surface area contributed by atoms with Crippen LogP contribution in [0.2, 0.25) is 0 Å². The smallest absolute Gasteiger partial charge is 0.193 e. The van der Waals surface area contributed by atoms with E-state index in [2.05, 4.69) is 9.97 Å². The third-order valence-corrected chi connectivity index (χ3v) is 2.38. The number of aromatic amines is 1. The highest BCUT2D eigenvalue weighted by molar-refractivity contribution is 6.10. The van der Waals surface area contributed by atoms with E-state index in [1.54, 1.807) is 24.5 Å². The molecule has 2 rings (SSSR count). The molecule has 0 saturated heterocycles. The van der Waals surface area contributed by atoms with E-state index in [9.17, 15) is 9.90 Å². The predicted molar refractivity (Wildman–Crippen MR) is 66.6 cm³/mol. The summed E-state index contributed by atoms with van der Waals surface area (Å²) >= 11 is 0. The van der Waals surface area contributed by atoms with Gasteiger partial charge >= 0.3 is 0 Å². The van der Waals surface area contributed by atoms with E-state index in [-0.39, 0.29) is 17.1 Å². The fourth-order valence-electron chi connectivity index (χ4n) is 1.54. The number of phenolic OH excluding ortho intramolecular Hbond substituents is 1. The normalized spacial score (nSPS) is 10.7. The number of imidazole rings is 1. The fourth-order valence-corrected chi connectivity index (χ4v) is 1.54. The quantitative estimate of drug-likeness (QED) is 0.637. The molecule has 0 saturated carbocycles. The fraction of sp³-hybridized carbons (Fsp3) is 0.0769. The first-order valence-electron chi connectivity index (χ1n) is 5.30. The van der Waals surface area contributed by atoms with Crippen LogP contribution in [0.15, 0.2) is 36.7 Å². The molecule has 0 aliphatic carbocycles.